The van der Waals surface area contributed by atoms with Gasteiger partial charge in [-0.2, -0.15) is 0 Å². The van der Waals surface area contributed by atoms with Gasteiger partial charge in [-0.25, -0.2) is 4.98 Å². The average molecular weight is 390 g/mol. The average Bonchev–Trinajstić information content (AvgIpc) is 2.84. The second-order valence-corrected chi connectivity index (χ2v) is 7.78. The number of aromatic nitrogens is 2. The lowest BCUT2D eigenvalue weighted by Crippen LogP contribution is -2.41. The largest absolute Gasteiger partial charge is 0.516 e. The minimum atomic E-state index is -0.708. The Kier molecular flexibility index (Phi) is 5.05. The van der Waals surface area contributed by atoms with E-state index in [2.05, 4.69) is 17.8 Å². The van der Waals surface area contributed by atoms with Crippen LogP contribution in [0.3, 0.4) is 0 Å². The number of thiol groups is 1. The molecule has 0 N–H and O–H groups in total. The standard InChI is InChI=1S/C18H23BN2O5S/c1-17(2)18(3,4)26-19(25-17)14-10-21(27)16(22)15(20-14)11-7-12(23-5)9-13(8-11)24-6/h7-10,27H,1-6H3. The van der Waals surface area contributed by atoms with Crippen LogP contribution >= 0.6 is 12.8 Å². The van der Waals surface area contributed by atoms with Gasteiger partial charge in [0.05, 0.1) is 31.0 Å². The molecule has 2 heterocycles. The van der Waals surface area contributed by atoms with Crippen molar-refractivity contribution in [2.75, 3.05) is 14.2 Å². The molecular formula is C18H23BN2O5S. The second-order valence-electron chi connectivity index (χ2n) is 7.35. The highest BCUT2D eigenvalue weighted by Gasteiger charge is 2.52. The number of rotatable bonds is 4. The molecule has 9 heteroatoms. The molecule has 2 aromatic rings. The van der Waals surface area contributed by atoms with Gasteiger partial charge in [0, 0.05) is 17.8 Å². The van der Waals surface area contributed by atoms with E-state index in [0.717, 1.165) is 0 Å². The van der Waals surface area contributed by atoms with Crippen LogP contribution in [0.5, 0.6) is 11.5 Å². The van der Waals surface area contributed by atoms with Crippen molar-refractivity contribution in [1.82, 2.24) is 8.96 Å². The van der Waals surface area contributed by atoms with Crippen molar-refractivity contribution >= 4 is 25.5 Å². The lowest BCUT2D eigenvalue weighted by Gasteiger charge is -2.32. The summed E-state index contributed by atoms with van der Waals surface area (Å²) in [4.78, 5) is 17.2. The van der Waals surface area contributed by atoms with Crippen molar-refractivity contribution in [3.8, 4) is 22.8 Å². The van der Waals surface area contributed by atoms with Crippen molar-refractivity contribution in [1.29, 1.82) is 0 Å². The summed E-state index contributed by atoms with van der Waals surface area (Å²) in [6.07, 6.45) is 1.51. The van der Waals surface area contributed by atoms with Crippen LogP contribution in [0, 0.1) is 0 Å². The van der Waals surface area contributed by atoms with Crippen LogP contribution in [-0.4, -0.2) is 41.5 Å². The molecule has 1 aromatic carbocycles. The van der Waals surface area contributed by atoms with E-state index in [1.807, 2.05) is 27.7 Å². The van der Waals surface area contributed by atoms with Gasteiger partial charge >= 0.3 is 7.12 Å². The van der Waals surface area contributed by atoms with E-state index in [-0.39, 0.29) is 11.3 Å². The smallest absolute Gasteiger partial charge is 0.497 e. The van der Waals surface area contributed by atoms with Crippen molar-refractivity contribution in [3.63, 3.8) is 0 Å². The van der Waals surface area contributed by atoms with Gasteiger partial charge in [0.1, 0.15) is 17.2 Å². The fraction of sp³-hybridized carbons (Fsp3) is 0.444. The zero-order valence-corrected chi connectivity index (χ0v) is 17.2. The molecule has 1 aromatic heterocycles. The molecule has 0 bridgehead atoms. The van der Waals surface area contributed by atoms with E-state index < -0.39 is 18.3 Å². The van der Waals surface area contributed by atoms with Crippen LogP contribution in [-0.2, 0) is 9.31 Å². The first kappa shape index (κ1) is 19.8. The number of hydrogen-bond acceptors (Lipinski definition) is 7. The Morgan fingerprint density at radius 1 is 1.04 bits per heavy atom. The number of methoxy groups -OCH3 is 2. The number of benzene rings is 1. The van der Waals surface area contributed by atoms with E-state index in [4.69, 9.17) is 18.8 Å². The fourth-order valence-corrected chi connectivity index (χ4v) is 2.92. The maximum Gasteiger partial charge on any atom is 0.516 e. The van der Waals surface area contributed by atoms with Crippen LogP contribution in [0.25, 0.3) is 11.3 Å². The summed E-state index contributed by atoms with van der Waals surface area (Å²) in [6, 6.07) is 5.16. The van der Waals surface area contributed by atoms with Gasteiger partial charge in [-0.3, -0.25) is 8.77 Å². The van der Waals surface area contributed by atoms with Gasteiger partial charge < -0.3 is 18.8 Å². The predicted molar refractivity (Wildman–Crippen MR) is 107 cm³/mol. The van der Waals surface area contributed by atoms with Gasteiger partial charge in [0.25, 0.3) is 5.56 Å². The molecule has 27 heavy (non-hydrogen) atoms. The Morgan fingerprint density at radius 2 is 1.56 bits per heavy atom. The van der Waals surface area contributed by atoms with Crippen molar-refractivity contribution in [2.45, 2.75) is 38.9 Å². The molecule has 0 radical (unpaired) electrons. The molecule has 0 saturated carbocycles. The Hall–Kier alpha value is -1.97. The summed E-state index contributed by atoms with van der Waals surface area (Å²) >= 11 is 4.25. The number of hydrogen-bond donors (Lipinski definition) is 1. The van der Waals surface area contributed by atoms with Crippen molar-refractivity contribution in [3.05, 3.63) is 34.7 Å². The lowest BCUT2D eigenvalue weighted by molar-refractivity contribution is 0.00578. The quantitative estimate of drug-likeness (QED) is 0.636. The first-order valence-corrected chi connectivity index (χ1v) is 8.90. The Morgan fingerprint density at radius 3 is 2.04 bits per heavy atom. The summed E-state index contributed by atoms with van der Waals surface area (Å²) in [5, 5.41) is 0. The van der Waals surface area contributed by atoms with Crippen LogP contribution in [0.15, 0.2) is 29.2 Å². The van der Waals surface area contributed by atoms with E-state index in [0.29, 0.717) is 22.7 Å². The molecule has 0 aliphatic carbocycles. The summed E-state index contributed by atoms with van der Waals surface area (Å²) in [7, 11) is 2.38. The maximum absolute atomic E-state index is 12.7. The van der Waals surface area contributed by atoms with Gasteiger partial charge in [-0.15, -0.1) is 0 Å². The minimum Gasteiger partial charge on any atom is -0.497 e. The molecule has 1 fully saturated rings. The normalized spacial score (nSPS) is 17.8. The third-order valence-corrected chi connectivity index (χ3v) is 5.32. The van der Waals surface area contributed by atoms with Gasteiger partial charge in [0.2, 0.25) is 0 Å². The van der Waals surface area contributed by atoms with Crippen molar-refractivity contribution < 1.29 is 18.8 Å². The third-order valence-electron chi connectivity index (χ3n) is 5.03. The lowest BCUT2D eigenvalue weighted by atomic mass is 9.85. The predicted octanol–water partition coefficient (Wildman–Crippen LogP) is 1.92. The van der Waals surface area contributed by atoms with Gasteiger partial charge in [0.15, 0.2) is 0 Å². The zero-order valence-electron chi connectivity index (χ0n) is 16.3. The molecule has 0 amide bonds. The van der Waals surface area contributed by atoms with E-state index >= 15 is 0 Å². The monoisotopic (exact) mass is 390 g/mol. The molecule has 3 rings (SSSR count). The topological polar surface area (TPSA) is 71.8 Å². The SMILES string of the molecule is COc1cc(OC)cc(-c2nc(B3OC(C)(C)C(C)(C)O3)cn(S)c2=O)c1. The van der Waals surface area contributed by atoms with Crippen LogP contribution in [0.4, 0.5) is 0 Å². The highest BCUT2D eigenvalue weighted by atomic mass is 32.1. The minimum absolute atomic E-state index is 0.203. The van der Waals surface area contributed by atoms with E-state index in [1.54, 1.807) is 32.4 Å². The molecule has 1 aliphatic heterocycles. The Bertz CT molecular complexity index is 890. The summed E-state index contributed by atoms with van der Waals surface area (Å²) < 4.78 is 23.8. The fourth-order valence-electron chi connectivity index (χ4n) is 2.71. The first-order valence-electron chi connectivity index (χ1n) is 8.50. The summed E-state index contributed by atoms with van der Waals surface area (Å²) in [5.41, 5.74) is -0.187. The highest BCUT2D eigenvalue weighted by Crippen LogP contribution is 2.36. The second kappa shape index (κ2) is 6.89. The first-order chi connectivity index (χ1) is 12.6. The molecule has 1 saturated heterocycles. The van der Waals surface area contributed by atoms with Gasteiger partial charge in [-0.1, -0.05) is 12.8 Å². The Balaban J connectivity index is 2.10. The maximum atomic E-state index is 12.7. The molecular weight excluding hydrogens is 367 g/mol. The van der Waals surface area contributed by atoms with Crippen LogP contribution < -0.4 is 20.6 Å². The summed E-state index contributed by atoms with van der Waals surface area (Å²) in [5.74, 6) is 1.11. The van der Waals surface area contributed by atoms with Gasteiger partial charge in [-0.05, 0) is 39.8 Å². The van der Waals surface area contributed by atoms with Crippen molar-refractivity contribution in [2.24, 2.45) is 0 Å². The zero-order chi connectivity index (χ0) is 20.0. The summed E-state index contributed by atoms with van der Waals surface area (Å²) in [6.45, 7) is 7.82. The molecule has 0 atom stereocenters. The van der Waals surface area contributed by atoms with E-state index in [1.165, 1.54) is 10.2 Å². The molecule has 0 unspecified atom stereocenters. The van der Waals surface area contributed by atoms with Crippen LogP contribution in [0.1, 0.15) is 27.7 Å². The third kappa shape index (κ3) is 3.59. The highest BCUT2D eigenvalue weighted by molar-refractivity contribution is 7.78. The molecule has 144 valence electrons. The Labute approximate surface area is 164 Å². The molecule has 7 nitrogen and oxygen atoms in total. The number of ether oxygens (including phenoxy) is 2. The molecule has 1 aliphatic rings. The molecule has 0 spiro atoms. The van der Waals surface area contributed by atoms with E-state index in [9.17, 15) is 4.79 Å². The van der Waals surface area contributed by atoms with Crippen LogP contribution in [0.2, 0.25) is 0 Å². The number of nitrogens with zero attached hydrogens (tertiary/aromatic N) is 2.